The predicted octanol–water partition coefficient (Wildman–Crippen LogP) is 0.776. The Bertz CT molecular complexity index is 1930. The van der Waals surface area contributed by atoms with E-state index in [1.54, 1.807) is 50.1 Å². The molecule has 1 aromatic heterocycles. The van der Waals surface area contributed by atoms with Gasteiger partial charge in [-0.25, -0.2) is 0 Å². The molecule has 1 aliphatic rings. The molecule has 3 aromatic rings. The lowest BCUT2D eigenvalue weighted by Crippen LogP contribution is -2.52. The normalized spacial score (nSPS) is 15.5. The number of amides is 3. The van der Waals surface area contributed by atoms with Gasteiger partial charge >= 0.3 is 23.9 Å². The molecule has 1 aliphatic heterocycles. The van der Waals surface area contributed by atoms with Gasteiger partial charge in [0.2, 0.25) is 11.8 Å². The molecule has 19 nitrogen and oxygen atoms in total. The van der Waals surface area contributed by atoms with Crippen LogP contribution in [0.25, 0.3) is 10.8 Å². The number of hydrogen-bond donors (Lipinski definition) is 7. The van der Waals surface area contributed by atoms with Crippen LogP contribution in [0.2, 0.25) is 0 Å². The number of carbonyl (C=O) groups excluding carboxylic acids is 3. The summed E-state index contributed by atoms with van der Waals surface area (Å²) in [4.78, 5) is 96.0. The standard InChI is InChI=1S/C42H56N8O11/c51-36(45-25-30-8-10-32(11-9-30)41(59)46-26-34-33-6-2-1-5-31(33)14-16-43-34)7-3-4-15-44-37(52)13-12-35(42(60)61)50-23-21-48(28-39(55)56)19-17-47(27-38(53)54)18-20-49(22-24-50)29-40(57)58/h1-2,5-6,8-11,14,16,35H,3-4,7,12-13,15,17-29H2,(H,44,52)(H,45,51)(H,46,59)(H,53,54)(H,55,56)(H,57,58)(H,60,61). The highest BCUT2D eigenvalue weighted by molar-refractivity contribution is 5.94. The third-order valence-corrected chi connectivity index (χ3v) is 10.4. The molecule has 1 fully saturated rings. The van der Waals surface area contributed by atoms with Crippen molar-refractivity contribution >= 4 is 52.4 Å². The Morgan fingerprint density at radius 2 is 1.16 bits per heavy atom. The van der Waals surface area contributed by atoms with E-state index >= 15 is 0 Å². The number of hydrogen-bond acceptors (Lipinski definition) is 12. The number of benzene rings is 2. The third kappa shape index (κ3) is 17.2. The number of nitrogens with one attached hydrogen (secondary N) is 3. The zero-order valence-corrected chi connectivity index (χ0v) is 34.2. The van der Waals surface area contributed by atoms with E-state index in [-0.39, 0.29) is 129 Å². The van der Waals surface area contributed by atoms with E-state index < -0.39 is 29.9 Å². The number of carboxylic acid groups (broad SMARTS) is 4. The van der Waals surface area contributed by atoms with E-state index in [0.29, 0.717) is 18.4 Å². The summed E-state index contributed by atoms with van der Waals surface area (Å²) in [7, 11) is 0. The second kappa shape index (κ2) is 24.9. The molecular weight excluding hydrogens is 793 g/mol. The van der Waals surface area contributed by atoms with Gasteiger partial charge in [0, 0.05) is 95.4 Å². The lowest BCUT2D eigenvalue weighted by molar-refractivity contribution is -0.145. The van der Waals surface area contributed by atoms with Crippen LogP contribution in [0.4, 0.5) is 0 Å². The van der Waals surface area contributed by atoms with Crippen molar-refractivity contribution in [3.63, 3.8) is 0 Å². The monoisotopic (exact) mass is 848 g/mol. The molecule has 4 rings (SSSR count). The van der Waals surface area contributed by atoms with Crippen molar-refractivity contribution in [3.05, 3.63) is 77.6 Å². The van der Waals surface area contributed by atoms with Crippen LogP contribution in [0.1, 0.15) is 53.7 Å². The molecule has 2 aromatic carbocycles. The van der Waals surface area contributed by atoms with Crippen LogP contribution in [-0.2, 0) is 41.9 Å². The van der Waals surface area contributed by atoms with E-state index in [1.165, 1.54) is 0 Å². The van der Waals surface area contributed by atoms with E-state index in [9.17, 15) is 54.0 Å². The minimum atomic E-state index is -1.18. The Morgan fingerprint density at radius 3 is 1.74 bits per heavy atom. The predicted molar refractivity (Wildman–Crippen MR) is 223 cm³/mol. The van der Waals surface area contributed by atoms with Crippen LogP contribution in [0.3, 0.4) is 0 Å². The maximum atomic E-state index is 12.8. The summed E-state index contributed by atoms with van der Waals surface area (Å²) in [6.07, 6.45) is 2.78. The zero-order chi connectivity index (χ0) is 44.1. The van der Waals surface area contributed by atoms with Crippen molar-refractivity contribution in [1.82, 2.24) is 40.5 Å². The average molecular weight is 849 g/mol. The van der Waals surface area contributed by atoms with E-state index in [0.717, 1.165) is 22.0 Å². The van der Waals surface area contributed by atoms with Crippen LogP contribution >= 0.6 is 0 Å². The summed E-state index contributed by atoms with van der Waals surface area (Å²) in [6, 6.07) is 15.6. The summed E-state index contributed by atoms with van der Waals surface area (Å²) in [5.41, 5.74) is 2.07. The maximum absolute atomic E-state index is 12.8. The van der Waals surface area contributed by atoms with Gasteiger partial charge < -0.3 is 36.4 Å². The van der Waals surface area contributed by atoms with Crippen molar-refractivity contribution in [2.45, 2.75) is 51.2 Å². The molecule has 330 valence electrons. The Labute approximate surface area is 353 Å². The summed E-state index contributed by atoms with van der Waals surface area (Å²) in [5, 5.41) is 49.0. The molecule has 0 radical (unpaired) electrons. The molecule has 2 heterocycles. The smallest absolute Gasteiger partial charge is 0.320 e. The number of aliphatic carboxylic acids is 4. The summed E-state index contributed by atoms with van der Waals surface area (Å²) in [5.74, 6) is -5.23. The average Bonchev–Trinajstić information content (AvgIpc) is 3.22. The molecule has 19 heteroatoms. The molecule has 1 unspecified atom stereocenters. The minimum absolute atomic E-state index is 0.0535. The molecule has 3 amide bonds. The number of nitrogens with zero attached hydrogens (tertiary/aromatic N) is 5. The van der Waals surface area contributed by atoms with E-state index in [2.05, 4.69) is 20.9 Å². The number of aromatic nitrogens is 1. The molecular formula is C42H56N8O11. The first-order chi connectivity index (χ1) is 29.3. The van der Waals surface area contributed by atoms with E-state index in [4.69, 9.17) is 0 Å². The van der Waals surface area contributed by atoms with Gasteiger partial charge in [-0.05, 0) is 48.4 Å². The number of fused-ring (bicyclic) bond motifs is 1. The van der Waals surface area contributed by atoms with Gasteiger partial charge in [-0.15, -0.1) is 0 Å². The molecule has 0 spiro atoms. The molecule has 1 saturated heterocycles. The SMILES string of the molecule is O=C(O)CN1CCN(CC(=O)O)CCN(C(CCC(=O)NCCCCC(=O)NCc2ccc(C(=O)NCc3nccc4ccccc34)cc2)C(=O)O)CCN(CC(=O)O)CC1. The third-order valence-electron chi connectivity index (χ3n) is 10.4. The fourth-order valence-corrected chi connectivity index (χ4v) is 7.02. The Balaban J connectivity index is 1.18. The van der Waals surface area contributed by atoms with Crippen molar-refractivity contribution in [1.29, 1.82) is 0 Å². The van der Waals surface area contributed by atoms with Crippen molar-refractivity contribution in [3.8, 4) is 0 Å². The van der Waals surface area contributed by atoms with Crippen LogP contribution in [0.15, 0.2) is 60.8 Å². The summed E-state index contributed by atoms with van der Waals surface area (Å²) in [6.45, 7) is 1.15. The van der Waals surface area contributed by atoms with Gasteiger partial charge in [0.05, 0.1) is 31.9 Å². The topological polar surface area (TPSA) is 262 Å². The summed E-state index contributed by atoms with van der Waals surface area (Å²) >= 11 is 0. The quantitative estimate of drug-likeness (QED) is 0.0731. The first kappa shape index (κ1) is 47.7. The number of carboxylic acids is 4. The number of unbranched alkanes of at least 4 members (excludes halogenated alkanes) is 1. The van der Waals surface area contributed by atoms with Crippen LogP contribution in [-0.4, -0.2) is 171 Å². The molecule has 1 atom stereocenters. The van der Waals surface area contributed by atoms with Gasteiger partial charge in [-0.2, -0.15) is 0 Å². The first-order valence-corrected chi connectivity index (χ1v) is 20.3. The molecule has 0 bridgehead atoms. The number of rotatable bonds is 21. The van der Waals surface area contributed by atoms with Crippen LogP contribution < -0.4 is 16.0 Å². The zero-order valence-electron chi connectivity index (χ0n) is 34.2. The number of carbonyl (C=O) groups is 7. The largest absolute Gasteiger partial charge is 0.480 e. The van der Waals surface area contributed by atoms with Gasteiger partial charge in [0.25, 0.3) is 5.91 Å². The second-order valence-electron chi connectivity index (χ2n) is 14.9. The fraction of sp³-hybridized carbons (Fsp3) is 0.476. The van der Waals surface area contributed by atoms with Gasteiger partial charge in [0.15, 0.2) is 0 Å². The Kier molecular flexibility index (Phi) is 19.5. The fourth-order valence-electron chi connectivity index (χ4n) is 7.02. The van der Waals surface area contributed by atoms with Crippen molar-refractivity contribution in [2.75, 3.05) is 78.5 Å². The highest BCUT2D eigenvalue weighted by atomic mass is 16.4. The Morgan fingerprint density at radius 1 is 0.607 bits per heavy atom. The molecule has 0 saturated carbocycles. The molecule has 0 aliphatic carbocycles. The second-order valence-corrected chi connectivity index (χ2v) is 14.9. The van der Waals surface area contributed by atoms with Crippen LogP contribution in [0, 0.1) is 0 Å². The lowest BCUT2D eigenvalue weighted by atomic mass is 10.1. The molecule has 7 N–H and O–H groups in total. The highest BCUT2D eigenvalue weighted by Gasteiger charge is 2.28. The maximum Gasteiger partial charge on any atom is 0.320 e. The molecule has 61 heavy (non-hydrogen) atoms. The van der Waals surface area contributed by atoms with Crippen LogP contribution in [0.5, 0.6) is 0 Å². The van der Waals surface area contributed by atoms with Gasteiger partial charge in [0.1, 0.15) is 6.04 Å². The Hall–Kier alpha value is -6.02. The first-order valence-electron chi connectivity index (χ1n) is 20.3. The summed E-state index contributed by atoms with van der Waals surface area (Å²) < 4.78 is 0. The van der Waals surface area contributed by atoms with Gasteiger partial charge in [-0.3, -0.25) is 58.1 Å². The van der Waals surface area contributed by atoms with Crippen molar-refractivity contribution in [2.24, 2.45) is 0 Å². The van der Waals surface area contributed by atoms with Gasteiger partial charge in [-0.1, -0.05) is 36.4 Å². The lowest BCUT2D eigenvalue weighted by Gasteiger charge is -2.35. The van der Waals surface area contributed by atoms with E-state index in [1.807, 2.05) is 30.3 Å². The highest BCUT2D eigenvalue weighted by Crippen LogP contribution is 2.16. The minimum Gasteiger partial charge on any atom is -0.480 e. The van der Waals surface area contributed by atoms with Crippen molar-refractivity contribution < 1.29 is 54.0 Å². The number of pyridine rings is 1.